The van der Waals surface area contributed by atoms with Crippen LogP contribution in [0.5, 0.6) is 0 Å². The molecule has 7 nitrogen and oxygen atoms in total. The molecule has 9 heteroatoms. The summed E-state index contributed by atoms with van der Waals surface area (Å²) in [7, 11) is -0.962. The van der Waals surface area contributed by atoms with E-state index < -0.39 is 7.12 Å². The van der Waals surface area contributed by atoms with Crippen LogP contribution in [0.2, 0.25) is 5.02 Å². The third kappa shape index (κ3) is 3.64. The Balaban J connectivity index is 1.53. The van der Waals surface area contributed by atoms with Crippen LogP contribution >= 0.6 is 11.6 Å². The van der Waals surface area contributed by atoms with Gasteiger partial charge in [-0.25, -0.2) is 4.98 Å². The van der Waals surface area contributed by atoms with Crippen molar-refractivity contribution >= 4 is 41.6 Å². The molecule has 3 N–H and O–H groups in total. The second-order valence-corrected chi connectivity index (χ2v) is 7.01. The lowest BCUT2D eigenvalue weighted by molar-refractivity contribution is 0.0875. The summed E-state index contributed by atoms with van der Waals surface area (Å²) in [6, 6.07) is 3.89. The van der Waals surface area contributed by atoms with Gasteiger partial charge >= 0.3 is 7.12 Å². The monoisotopic (exact) mass is 374 g/mol. The molecule has 0 bridgehead atoms. The molecule has 4 rings (SSSR count). The lowest BCUT2D eigenvalue weighted by atomic mass is 9.79. The third-order valence-electron chi connectivity index (χ3n) is 4.59. The second kappa shape index (κ2) is 7.40. The molecule has 0 aliphatic carbocycles. The molecule has 2 aliphatic rings. The molecule has 3 heterocycles. The molecule has 0 saturated carbocycles. The van der Waals surface area contributed by atoms with E-state index in [0.29, 0.717) is 29.6 Å². The Bertz CT molecular complexity index is 817. The van der Waals surface area contributed by atoms with Crippen LogP contribution in [0.25, 0.3) is 0 Å². The highest BCUT2D eigenvalue weighted by Gasteiger charge is 2.30. The van der Waals surface area contributed by atoms with E-state index in [9.17, 15) is 5.02 Å². The summed E-state index contributed by atoms with van der Waals surface area (Å²) in [5.41, 5.74) is 3.21. The number of hydrogen-bond donors (Lipinski definition) is 3. The number of fused-ring (bicyclic) bond motifs is 1. The van der Waals surface area contributed by atoms with E-state index in [1.807, 2.05) is 13.0 Å². The summed E-state index contributed by atoms with van der Waals surface area (Å²) in [5.74, 6) is 1.27. The van der Waals surface area contributed by atoms with E-state index in [0.717, 1.165) is 42.1 Å². The SMILES string of the molecule is Cc1cnc(Nc2cc(Cl)c3c(c2)COB3O)nc1NC1CCCOC1. The zero-order chi connectivity index (χ0) is 18.1. The normalized spacial score (nSPS) is 19.3. The highest BCUT2D eigenvalue weighted by Crippen LogP contribution is 2.25. The molecule has 1 aromatic carbocycles. The van der Waals surface area contributed by atoms with Crippen molar-refractivity contribution in [1.82, 2.24) is 9.97 Å². The minimum atomic E-state index is -0.962. The number of hydrogen-bond acceptors (Lipinski definition) is 7. The number of benzene rings is 1. The lowest BCUT2D eigenvalue weighted by Gasteiger charge is -2.24. The maximum absolute atomic E-state index is 9.80. The molecule has 1 atom stereocenters. The first kappa shape index (κ1) is 17.5. The predicted molar refractivity (Wildman–Crippen MR) is 101 cm³/mol. The summed E-state index contributed by atoms with van der Waals surface area (Å²) in [6.45, 7) is 3.82. The van der Waals surface area contributed by atoms with E-state index in [2.05, 4.69) is 20.6 Å². The van der Waals surface area contributed by atoms with E-state index in [1.54, 1.807) is 12.3 Å². The van der Waals surface area contributed by atoms with Gasteiger partial charge in [-0.05, 0) is 37.5 Å². The first-order valence-corrected chi connectivity index (χ1v) is 9.05. The number of aryl methyl sites for hydroxylation is 1. The smallest absolute Gasteiger partial charge is 0.423 e. The number of halogens is 1. The van der Waals surface area contributed by atoms with Gasteiger partial charge < -0.3 is 25.0 Å². The molecular formula is C17H20BClN4O3. The van der Waals surface area contributed by atoms with Crippen LogP contribution < -0.4 is 16.1 Å². The average Bonchev–Trinajstić information content (AvgIpc) is 3.00. The molecule has 1 aromatic heterocycles. The van der Waals surface area contributed by atoms with Crippen LogP contribution in [0.1, 0.15) is 24.0 Å². The second-order valence-electron chi connectivity index (χ2n) is 6.60. The van der Waals surface area contributed by atoms with Crippen molar-refractivity contribution in [3.8, 4) is 0 Å². The van der Waals surface area contributed by atoms with Crippen LogP contribution in [-0.4, -0.2) is 41.4 Å². The fourth-order valence-electron chi connectivity index (χ4n) is 3.22. The highest BCUT2D eigenvalue weighted by molar-refractivity contribution is 6.65. The Morgan fingerprint density at radius 2 is 2.27 bits per heavy atom. The molecule has 2 aromatic rings. The van der Waals surface area contributed by atoms with Gasteiger partial charge in [0.05, 0.1) is 19.3 Å². The van der Waals surface area contributed by atoms with E-state index in [1.165, 1.54) is 0 Å². The van der Waals surface area contributed by atoms with Crippen molar-refractivity contribution in [2.75, 3.05) is 23.8 Å². The average molecular weight is 375 g/mol. The largest absolute Gasteiger partial charge is 0.493 e. The van der Waals surface area contributed by atoms with Crippen LogP contribution in [-0.2, 0) is 16.0 Å². The van der Waals surface area contributed by atoms with Gasteiger partial charge in [-0.2, -0.15) is 4.98 Å². The van der Waals surface area contributed by atoms with Gasteiger partial charge in [-0.1, -0.05) is 11.6 Å². The summed E-state index contributed by atoms with van der Waals surface area (Å²) in [4.78, 5) is 8.94. The zero-order valence-corrected chi connectivity index (χ0v) is 15.2. The Hall–Kier alpha value is -1.87. The highest BCUT2D eigenvalue weighted by atomic mass is 35.5. The predicted octanol–water partition coefficient (Wildman–Crippen LogP) is 1.99. The van der Waals surface area contributed by atoms with Gasteiger partial charge in [0, 0.05) is 34.5 Å². The zero-order valence-electron chi connectivity index (χ0n) is 14.5. The summed E-state index contributed by atoms with van der Waals surface area (Å²) < 4.78 is 10.7. The Morgan fingerprint density at radius 3 is 3.08 bits per heavy atom. The van der Waals surface area contributed by atoms with Gasteiger partial charge in [0.25, 0.3) is 0 Å². The molecule has 136 valence electrons. The maximum atomic E-state index is 9.80. The van der Waals surface area contributed by atoms with Crippen LogP contribution in [0.4, 0.5) is 17.5 Å². The first-order valence-electron chi connectivity index (χ1n) is 8.67. The van der Waals surface area contributed by atoms with Crippen LogP contribution in [0, 0.1) is 6.92 Å². The van der Waals surface area contributed by atoms with Gasteiger partial charge in [0.15, 0.2) is 0 Å². The molecule has 0 spiro atoms. The fourth-order valence-corrected chi connectivity index (χ4v) is 3.55. The van der Waals surface area contributed by atoms with Gasteiger partial charge in [0.2, 0.25) is 5.95 Å². The third-order valence-corrected chi connectivity index (χ3v) is 4.90. The van der Waals surface area contributed by atoms with Gasteiger partial charge in [-0.3, -0.25) is 0 Å². The molecule has 0 amide bonds. The van der Waals surface area contributed by atoms with E-state index >= 15 is 0 Å². The molecule has 2 aliphatic heterocycles. The van der Waals surface area contributed by atoms with Crippen molar-refractivity contribution in [3.05, 3.63) is 34.5 Å². The minimum absolute atomic E-state index is 0.262. The number of rotatable bonds is 4. The quantitative estimate of drug-likeness (QED) is 0.705. The number of nitrogens with zero attached hydrogens (tertiary/aromatic N) is 2. The molecule has 0 radical (unpaired) electrons. The number of ether oxygens (including phenoxy) is 1. The van der Waals surface area contributed by atoms with Crippen LogP contribution in [0.15, 0.2) is 18.3 Å². The Kier molecular flexibility index (Phi) is 4.99. The van der Waals surface area contributed by atoms with Gasteiger partial charge in [0.1, 0.15) is 5.82 Å². The topological polar surface area (TPSA) is 88.5 Å². The number of aromatic nitrogens is 2. The summed E-state index contributed by atoms with van der Waals surface area (Å²) in [6.07, 6.45) is 3.90. The molecule has 1 fully saturated rings. The molecule has 1 unspecified atom stereocenters. The van der Waals surface area contributed by atoms with Crippen LogP contribution in [0.3, 0.4) is 0 Å². The van der Waals surface area contributed by atoms with Gasteiger partial charge in [-0.15, -0.1) is 0 Å². The first-order chi connectivity index (χ1) is 12.6. The van der Waals surface area contributed by atoms with Crippen molar-refractivity contribution in [1.29, 1.82) is 0 Å². The standard InChI is InChI=1S/C17H20BClN4O3/c1-10-7-20-17(23-16(10)21-12-3-2-4-25-9-12)22-13-5-11-8-26-18(24)15(11)14(19)6-13/h5-7,12,24H,2-4,8-9H2,1H3,(H2,20,21,22,23). The Labute approximate surface area is 157 Å². The minimum Gasteiger partial charge on any atom is -0.423 e. The van der Waals surface area contributed by atoms with E-state index in [4.69, 9.17) is 21.0 Å². The number of anilines is 3. The summed E-state index contributed by atoms with van der Waals surface area (Å²) in [5, 5.41) is 16.9. The molecule has 1 saturated heterocycles. The fraction of sp³-hybridized carbons (Fsp3) is 0.412. The lowest BCUT2D eigenvalue weighted by Crippen LogP contribution is -2.30. The van der Waals surface area contributed by atoms with E-state index in [-0.39, 0.29) is 6.04 Å². The van der Waals surface area contributed by atoms with Crippen molar-refractivity contribution < 1.29 is 14.4 Å². The molecule has 26 heavy (non-hydrogen) atoms. The van der Waals surface area contributed by atoms with Crippen molar-refractivity contribution in [3.63, 3.8) is 0 Å². The number of nitrogens with one attached hydrogen (secondary N) is 2. The maximum Gasteiger partial charge on any atom is 0.493 e. The summed E-state index contributed by atoms with van der Waals surface area (Å²) >= 11 is 6.27. The molecular weight excluding hydrogens is 354 g/mol. The van der Waals surface area contributed by atoms with Crippen molar-refractivity contribution in [2.45, 2.75) is 32.4 Å². The Morgan fingerprint density at radius 1 is 1.38 bits per heavy atom. The van der Waals surface area contributed by atoms with Crippen molar-refractivity contribution in [2.24, 2.45) is 0 Å².